The van der Waals surface area contributed by atoms with Crippen molar-refractivity contribution in [3.05, 3.63) is 69.7 Å². The number of hydrogen-bond acceptors (Lipinski definition) is 5. The number of carbonyl (C=O) groups is 3. The van der Waals surface area contributed by atoms with Crippen molar-refractivity contribution in [3.63, 3.8) is 0 Å². The molecule has 3 N–H and O–H groups in total. The van der Waals surface area contributed by atoms with Gasteiger partial charge in [-0.1, -0.05) is 41.9 Å². The minimum atomic E-state index is -1.82. The number of carboxylic acids is 2. The van der Waals surface area contributed by atoms with Gasteiger partial charge in [0.05, 0.1) is 0 Å². The molecule has 1 aliphatic heterocycles. The summed E-state index contributed by atoms with van der Waals surface area (Å²) in [5.41, 5.74) is 5.87. The summed E-state index contributed by atoms with van der Waals surface area (Å²) in [6.07, 6.45) is 2.70. The number of fused-ring (bicyclic) bond motifs is 8. The van der Waals surface area contributed by atoms with E-state index in [1.165, 1.54) is 22.3 Å². The zero-order valence-electron chi connectivity index (χ0n) is 20.4. The van der Waals surface area contributed by atoms with Crippen LogP contribution in [0.2, 0.25) is 5.02 Å². The molecule has 3 aliphatic rings. The number of carboxylic acid groups (broad SMARTS) is 2. The Labute approximate surface area is 215 Å². The number of nitrogens with zero attached hydrogens (tertiary/aromatic N) is 1. The second kappa shape index (κ2) is 10.6. The molecule has 0 aromatic heterocycles. The predicted molar refractivity (Wildman–Crippen MR) is 134 cm³/mol. The molecule has 3 atom stereocenters. The SMILES string of the molecule is CO[C@H](C)C(=O)NC1CCN(CC23CC(c4ccccc42)c2ccc(Cl)cc23)CC1.O=C(O)C(=O)O. The van der Waals surface area contributed by atoms with E-state index in [-0.39, 0.29) is 17.4 Å². The summed E-state index contributed by atoms with van der Waals surface area (Å²) in [6, 6.07) is 15.7. The maximum Gasteiger partial charge on any atom is 0.414 e. The number of hydrogen-bond donors (Lipinski definition) is 3. The fraction of sp³-hybridized carbons (Fsp3) is 0.444. The van der Waals surface area contributed by atoms with Gasteiger partial charge in [-0.2, -0.15) is 0 Å². The monoisotopic (exact) mass is 514 g/mol. The molecule has 1 amide bonds. The minimum Gasteiger partial charge on any atom is -0.473 e. The topological polar surface area (TPSA) is 116 Å². The molecule has 192 valence electrons. The van der Waals surface area contributed by atoms with Crippen LogP contribution < -0.4 is 5.32 Å². The van der Waals surface area contributed by atoms with Crippen LogP contribution in [0.25, 0.3) is 0 Å². The Bertz CT molecular complexity index is 1150. The Morgan fingerprint density at radius 3 is 2.36 bits per heavy atom. The molecule has 1 heterocycles. The van der Waals surface area contributed by atoms with Crippen molar-refractivity contribution in [3.8, 4) is 0 Å². The molecule has 5 rings (SSSR count). The van der Waals surface area contributed by atoms with Gasteiger partial charge in [0.15, 0.2) is 0 Å². The largest absolute Gasteiger partial charge is 0.473 e. The maximum atomic E-state index is 12.1. The Morgan fingerprint density at radius 2 is 1.72 bits per heavy atom. The van der Waals surface area contributed by atoms with Gasteiger partial charge in [-0.3, -0.25) is 4.79 Å². The molecule has 2 bridgehead atoms. The highest BCUT2D eigenvalue weighted by atomic mass is 35.5. The van der Waals surface area contributed by atoms with Crippen molar-refractivity contribution >= 4 is 29.4 Å². The van der Waals surface area contributed by atoms with E-state index >= 15 is 0 Å². The standard InChI is InChI=1S/C25H29ClN2O2.C2H2O4/c1-16(30-2)24(29)27-18-9-11-28(12-10-18)15-25-14-21(19-5-3-4-6-22(19)25)20-8-7-17(26)13-23(20)25;3-1(4)2(5)6/h3-8,13,16,18,21H,9-12,14-15H2,1-2H3,(H,27,29);(H,3,4)(H,5,6)/t16-,21?,25?;/m1./s1. The number of nitrogens with one attached hydrogen (secondary N) is 1. The number of amides is 1. The molecular weight excluding hydrogens is 484 g/mol. The quantitative estimate of drug-likeness (QED) is 0.524. The van der Waals surface area contributed by atoms with Crippen molar-refractivity contribution in [2.24, 2.45) is 0 Å². The molecule has 1 saturated heterocycles. The van der Waals surface area contributed by atoms with Gasteiger partial charge in [0.1, 0.15) is 6.10 Å². The molecule has 2 aromatic carbocycles. The van der Waals surface area contributed by atoms with E-state index in [0.29, 0.717) is 5.92 Å². The number of likely N-dealkylation sites (tertiary alicyclic amines) is 1. The molecule has 9 heteroatoms. The summed E-state index contributed by atoms with van der Waals surface area (Å²) in [5, 5.41) is 18.8. The Hall–Kier alpha value is -2.94. The number of rotatable bonds is 5. The first-order valence-electron chi connectivity index (χ1n) is 12.1. The van der Waals surface area contributed by atoms with E-state index in [1.54, 1.807) is 14.0 Å². The summed E-state index contributed by atoms with van der Waals surface area (Å²) in [6.45, 7) is 4.80. The highest BCUT2D eigenvalue weighted by Crippen LogP contribution is 2.60. The first-order valence-corrected chi connectivity index (χ1v) is 12.4. The lowest BCUT2D eigenvalue weighted by atomic mass is 9.74. The van der Waals surface area contributed by atoms with E-state index in [2.05, 4.69) is 46.6 Å². The van der Waals surface area contributed by atoms with Crippen LogP contribution in [0.3, 0.4) is 0 Å². The van der Waals surface area contributed by atoms with Gasteiger partial charge in [0.25, 0.3) is 0 Å². The lowest BCUT2D eigenvalue weighted by Crippen LogP contribution is -2.50. The van der Waals surface area contributed by atoms with Crippen molar-refractivity contribution in [1.82, 2.24) is 10.2 Å². The van der Waals surface area contributed by atoms with E-state index in [9.17, 15) is 4.79 Å². The third kappa shape index (κ3) is 4.98. The van der Waals surface area contributed by atoms with Crippen LogP contribution in [0.15, 0.2) is 42.5 Å². The lowest BCUT2D eigenvalue weighted by molar-refractivity contribution is -0.159. The zero-order valence-corrected chi connectivity index (χ0v) is 21.1. The number of methoxy groups -OCH3 is 1. The van der Waals surface area contributed by atoms with Crippen LogP contribution >= 0.6 is 11.6 Å². The van der Waals surface area contributed by atoms with Crippen LogP contribution in [0.4, 0.5) is 0 Å². The maximum absolute atomic E-state index is 12.1. The summed E-state index contributed by atoms with van der Waals surface area (Å²) >= 11 is 6.43. The molecule has 0 radical (unpaired) electrons. The second-order valence-corrected chi connectivity index (χ2v) is 10.1. The van der Waals surface area contributed by atoms with Gasteiger partial charge in [-0.25, -0.2) is 9.59 Å². The first kappa shape index (κ1) is 26.1. The molecule has 2 unspecified atom stereocenters. The fourth-order valence-corrected chi connectivity index (χ4v) is 6.03. The van der Waals surface area contributed by atoms with Crippen molar-refractivity contribution in [2.75, 3.05) is 26.7 Å². The van der Waals surface area contributed by atoms with Gasteiger partial charge in [-0.05, 0) is 60.6 Å². The van der Waals surface area contributed by atoms with E-state index in [4.69, 9.17) is 36.1 Å². The van der Waals surface area contributed by atoms with Crippen molar-refractivity contribution in [2.45, 2.75) is 49.7 Å². The van der Waals surface area contributed by atoms with E-state index < -0.39 is 18.0 Å². The fourth-order valence-electron chi connectivity index (χ4n) is 5.86. The molecule has 0 saturated carbocycles. The number of aliphatic carboxylic acids is 2. The van der Waals surface area contributed by atoms with Crippen LogP contribution in [0.1, 0.15) is 54.4 Å². The van der Waals surface area contributed by atoms with Gasteiger partial charge in [-0.15, -0.1) is 0 Å². The smallest absolute Gasteiger partial charge is 0.414 e. The van der Waals surface area contributed by atoms with Gasteiger partial charge >= 0.3 is 11.9 Å². The van der Waals surface area contributed by atoms with E-state index in [1.807, 2.05) is 6.07 Å². The van der Waals surface area contributed by atoms with E-state index in [0.717, 1.165) is 43.9 Å². The highest BCUT2D eigenvalue weighted by molar-refractivity contribution is 6.30. The Kier molecular flexibility index (Phi) is 7.68. The Morgan fingerprint density at radius 1 is 1.08 bits per heavy atom. The van der Waals surface area contributed by atoms with Crippen LogP contribution in [0, 0.1) is 0 Å². The van der Waals surface area contributed by atoms with Crippen LogP contribution in [-0.4, -0.2) is 71.8 Å². The van der Waals surface area contributed by atoms with Gasteiger partial charge in [0.2, 0.25) is 5.91 Å². The normalized spacial score (nSPS) is 23.1. The van der Waals surface area contributed by atoms with Crippen molar-refractivity contribution in [1.29, 1.82) is 0 Å². The molecule has 8 nitrogen and oxygen atoms in total. The Balaban J connectivity index is 0.000000455. The molecule has 0 spiro atoms. The summed E-state index contributed by atoms with van der Waals surface area (Å²) in [7, 11) is 1.57. The second-order valence-electron chi connectivity index (χ2n) is 9.70. The average Bonchev–Trinajstić information content (AvgIpc) is 3.36. The molecule has 2 aromatic rings. The third-order valence-corrected chi connectivity index (χ3v) is 7.88. The molecular formula is C27H31ClN2O6. The number of ether oxygens (including phenoxy) is 1. The summed E-state index contributed by atoms with van der Waals surface area (Å²) in [4.78, 5) is 32.9. The number of halogens is 1. The van der Waals surface area contributed by atoms with Crippen molar-refractivity contribution < 1.29 is 29.3 Å². The highest BCUT2D eigenvalue weighted by Gasteiger charge is 2.53. The number of carbonyl (C=O) groups excluding carboxylic acids is 1. The molecule has 1 fully saturated rings. The molecule has 36 heavy (non-hydrogen) atoms. The van der Waals surface area contributed by atoms with Crippen LogP contribution in [-0.2, 0) is 24.5 Å². The molecule has 2 aliphatic carbocycles. The predicted octanol–water partition coefficient (Wildman–Crippen LogP) is 3.25. The minimum absolute atomic E-state index is 0.0125. The first-order chi connectivity index (χ1) is 17.2. The zero-order chi connectivity index (χ0) is 26.0. The third-order valence-electron chi connectivity index (χ3n) is 7.64. The number of piperidine rings is 1. The average molecular weight is 515 g/mol. The summed E-state index contributed by atoms with van der Waals surface area (Å²) in [5.74, 6) is -3.17. The lowest BCUT2D eigenvalue weighted by Gasteiger charge is -2.40. The van der Waals surface area contributed by atoms with Gasteiger partial charge in [0, 0.05) is 49.1 Å². The summed E-state index contributed by atoms with van der Waals surface area (Å²) < 4.78 is 5.14. The number of benzene rings is 2. The van der Waals surface area contributed by atoms with Gasteiger partial charge < -0.3 is 25.2 Å². The van der Waals surface area contributed by atoms with Crippen LogP contribution in [0.5, 0.6) is 0 Å².